The van der Waals surface area contributed by atoms with Crippen LogP contribution in [0.25, 0.3) is 0 Å². The maximum atomic E-state index is 11.7. The topological polar surface area (TPSA) is 46.3 Å². The smallest absolute Gasteiger partial charge is 0.222 e. The minimum atomic E-state index is 0. The van der Waals surface area contributed by atoms with Crippen LogP contribution in [0.1, 0.15) is 18.4 Å². The van der Waals surface area contributed by atoms with Gasteiger partial charge in [0.1, 0.15) is 0 Å². The molecule has 102 valence electrons. The molecule has 0 aliphatic heterocycles. The third-order valence-electron chi connectivity index (χ3n) is 2.36. The van der Waals surface area contributed by atoms with E-state index in [-0.39, 0.29) is 18.3 Å². The highest BCUT2D eigenvalue weighted by Crippen LogP contribution is 2.20. The average Bonchev–Trinajstić information content (AvgIpc) is 2.24. The van der Waals surface area contributed by atoms with E-state index in [1.165, 1.54) is 0 Å². The van der Waals surface area contributed by atoms with Gasteiger partial charge in [0.2, 0.25) is 5.91 Å². The fraction of sp³-hybridized carbons (Fsp3) is 0.417. The van der Waals surface area contributed by atoms with Crippen molar-refractivity contribution in [3.63, 3.8) is 0 Å². The number of carbonyl (C=O) groups excluding carboxylic acids is 1. The number of hydrogen-bond acceptors (Lipinski definition) is 2. The molecule has 1 amide bonds. The van der Waals surface area contributed by atoms with Gasteiger partial charge in [0.25, 0.3) is 0 Å². The summed E-state index contributed by atoms with van der Waals surface area (Å²) in [6.07, 6.45) is 1.18. The highest BCUT2D eigenvalue weighted by atomic mass is 35.5. The summed E-state index contributed by atoms with van der Waals surface area (Å²) in [5.74, 6) is 0.0755. The van der Waals surface area contributed by atoms with Gasteiger partial charge in [0.05, 0.1) is 0 Å². The van der Waals surface area contributed by atoms with Gasteiger partial charge >= 0.3 is 0 Å². The first-order chi connectivity index (χ1) is 8.02. The van der Waals surface area contributed by atoms with Crippen LogP contribution >= 0.6 is 35.6 Å². The molecule has 1 rings (SSSR count). The molecule has 0 fully saturated rings. The molecule has 0 aliphatic carbocycles. The van der Waals surface area contributed by atoms with Crippen LogP contribution in [0.3, 0.4) is 0 Å². The Balaban J connectivity index is 0.00000289. The molecule has 0 heterocycles. The Morgan fingerprint density at radius 3 is 2.33 bits per heavy atom. The average molecular weight is 312 g/mol. The van der Waals surface area contributed by atoms with E-state index in [4.69, 9.17) is 28.9 Å². The zero-order valence-corrected chi connectivity index (χ0v) is 12.5. The molecule has 0 atom stereocenters. The first kappa shape index (κ1) is 17.5. The Hall–Kier alpha value is -0.480. The summed E-state index contributed by atoms with van der Waals surface area (Å²) in [5.41, 5.74) is 6.29. The predicted molar refractivity (Wildman–Crippen MR) is 78.5 cm³/mol. The van der Waals surface area contributed by atoms with Gasteiger partial charge in [-0.3, -0.25) is 4.79 Å². The Kier molecular flexibility index (Phi) is 8.36. The molecule has 0 bridgehead atoms. The number of carbonyl (C=O) groups is 1. The van der Waals surface area contributed by atoms with Crippen LogP contribution in [-0.4, -0.2) is 24.4 Å². The molecule has 0 unspecified atom stereocenters. The maximum absolute atomic E-state index is 11.7. The molecule has 0 radical (unpaired) electrons. The second-order valence-electron chi connectivity index (χ2n) is 3.92. The molecule has 1 aromatic rings. The van der Waals surface area contributed by atoms with E-state index in [0.717, 1.165) is 5.56 Å². The van der Waals surface area contributed by atoms with Gasteiger partial charge in [-0.2, -0.15) is 0 Å². The van der Waals surface area contributed by atoms with E-state index in [1.54, 1.807) is 30.1 Å². The summed E-state index contributed by atoms with van der Waals surface area (Å²) >= 11 is 11.8. The normalized spacial score (nSPS) is 9.78. The zero-order chi connectivity index (χ0) is 12.8. The summed E-state index contributed by atoms with van der Waals surface area (Å²) in [4.78, 5) is 13.3. The molecular formula is C12H17Cl3N2O. The van der Waals surface area contributed by atoms with Crippen molar-refractivity contribution in [3.05, 3.63) is 33.8 Å². The standard InChI is InChI=1S/C12H16Cl2N2O.ClH/c1-16(12(17)3-2-4-15)8-9-5-10(13)7-11(14)6-9;/h5-7H,2-4,8,15H2,1H3;1H. The number of hydrogen-bond donors (Lipinski definition) is 1. The van der Waals surface area contributed by atoms with Crippen molar-refractivity contribution in [3.8, 4) is 0 Å². The SMILES string of the molecule is CN(Cc1cc(Cl)cc(Cl)c1)C(=O)CCCN.Cl. The number of nitrogens with zero attached hydrogens (tertiary/aromatic N) is 1. The van der Waals surface area contributed by atoms with E-state index in [2.05, 4.69) is 0 Å². The van der Waals surface area contributed by atoms with E-state index < -0.39 is 0 Å². The molecule has 18 heavy (non-hydrogen) atoms. The van der Waals surface area contributed by atoms with Gasteiger partial charge in [0.15, 0.2) is 0 Å². The van der Waals surface area contributed by atoms with Crippen LogP contribution < -0.4 is 5.73 Å². The predicted octanol–water partition coefficient (Wildman–Crippen LogP) is 3.11. The van der Waals surface area contributed by atoms with Gasteiger partial charge in [0, 0.05) is 30.1 Å². The number of benzene rings is 1. The van der Waals surface area contributed by atoms with Gasteiger partial charge in [-0.15, -0.1) is 12.4 Å². The van der Waals surface area contributed by atoms with Crippen LogP contribution in [0, 0.1) is 0 Å². The first-order valence-corrected chi connectivity index (χ1v) is 6.17. The minimum Gasteiger partial charge on any atom is -0.341 e. The monoisotopic (exact) mass is 310 g/mol. The lowest BCUT2D eigenvalue weighted by Crippen LogP contribution is -2.26. The van der Waals surface area contributed by atoms with E-state index >= 15 is 0 Å². The number of halogens is 3. The van der Waals surface area contributed by atoms with Crippen molar-refractivity contribution in [2.24, 2.45) is 5.73 Å². The molecule has 6 heteroatoms. The quantitative estimate of drug-likeness (QED) is 0.908. The Morgan fingerprint density at radius 1 is 1.28 bits per heavy atom. The Morgan fingerprint density at radius 2 is 1.83 bits per heavy atom. The van der Waals surface area contributed by atoms with Crippen LogP contribution in [-0.2, 0) is 11.3 Å². The van der Waals surface area contributed by atoms with Crippen molar-refractivity contribution in [1.29, 1.82) is 0 Å². The third-order valence-corrected chi connectivity index (χ3v) is 2.80. The van der Waals surface area contributed by atoms with E-state index in [9.17, 15) is 4.79 Å². The van der Waals surface area contributed by atoms with Crippen molar-refractivity contribution in [2.75, 3.05) is 13.6 Å². The Labute approximate surface area is 124 Å². The Bertz CT molecular complexity index is 379. The molecule has 3 nitrogen and oxygen atoms in total. The summed E-state index contributed by atoms with van der Waals surface area (Å²) in [6, 6.07) is 5.28. The van der Waals surface area contributed by atoms with E-state index in [0.29, 0.717) is 36.0 Å². The van der Waals surface area contributed by atoms with Crippen LogP contribution in [0.2, 0.25) is 10.0 Å². The van der Waals surface area contributed by atoms with Gasteiger partial charge < -0.3 is 10.6 Å². The van der Waals surface area contributed by atoms with Gasteiger partial charge in [-0.25, -0.2) is 0 Å². The first-order valence-electron chi connectivity index (χ1n) is 5.42. The molecule has 2 N–H and O–H groups in total. The summed E-state index contributed by atoms with van der Waals surface area (Å²) in [7, 11) is 1.76. The largest absolute Gasteiger partial charge is 0.341 e. The lowest BCUT2D eigenvalue weighted by molar-refractivity contribution is -0.130. The lowest BCUT2D eigenvalue weighted by atomic mass is 10.2. The number of nitrogens with two attached hydrogens (primary N) is 1. The van der Waals surface area contributed by atoms with Crippen LogP contribution in [0.15, 0.2) is 18.2 Å². The van der Waals surface area contributed by atoms with Crippen LogP contribution in [0.4, 0.5) is 0 Å². The molecule has 0 saturated heterocycles. The third kappa shape index (κ3) is 5.91. The summed E-state index contributed by atoms with van der Waals surface area (Å²) in [6.45, 7) is 1.03. The summed E-state index contributed by atoms with van der Waals surface area (Å²) in [5, 5.41) is 1.16. The number of rotatable bonds is 5. The fourth-order valence-electron chi connectivity index (χ4n) is 1.51. The highest BCUT2D eigenvalue weighted by Gasteiger charge is 2.09. The van der Waals surface area contributed by atoms with Gasteiger partial charge in [-0.05, 0) is 36.7 Å². The molecule has 0 aromatic heterocycles. The van der Waals surface area contributed by atoms with Crippen molar-refractivity contribution in [2.45, 2.75) is 19.4 Å². The van der Waals surface area contributed by atoms with Crippen molar-refractivity contribution in [1.82, 2.24) is 4.90 Å². The van der Waals surface area contributed by atoms with Crippen LogP contribution in [0.5, 0.6) is 0 Å². The molecule has 1 aromatic carbocycles. The van der Waals surface area contributed by atoms with Gasteiger partial charge in [-0.1, -0.05) is 23.2 Å². The van der Waals surface area contributed by atoms with Crippen molar-refractivity contribution < 1.29 is 4.79 Å². The zero-order valence-electron chi connectivity index (χ0n) is 10.2. The highest BCUT2D eigenvalue weighted by molar-refractivity contribution is 6.34. The molecule has 0 aliphatic rings. The minimum absolute atomic E-state index is 0. The molecular weight excluding hydrogens is 295 g/mol. The lowest BCUT2D eigenvalue weighted by Gasteiger charge is -2.17. The molecule has 0 spiro atoms. The number of amides is 1. The van der Waals surface area contributed by atoms with Crippen molar-refractivity contribution >= 4 is 41.5 Å². The maximum Gasteiger partial charge on any atom is 0.222 e. The second kappa shape index (κ2) is 8.59. The van der Waals surface area contributed by atoms with E-state index in [1.807, 2.05) is 0 Å². The second-order valence-corrected chi connectivity index (χ2v) is 4.79. The fourth-order valence-corrected chi connectivity index (χ4v) is 2.08. The summed E-state index contributed by atoms with van der Waals surface area (Å²) < 4.78 is 0. The molecule has 0 saturated carbocycles.